The molecule has 0 saturated heterocycles. The molecule has 2 unspecified atom stereocenters. The van der Waals surface area contributed by atoms with Gasteiger partial charge in [-0.05, 0) is 30.6 Å². The molecule has 0 fully saturated rings. The van der Waals surface area contributed by atoms with Crippen LogP contribution in [-0.4, -0.2) is 37.2 Å². The Labute approximate surface area is 164 Å². The van der Waals surface area contributed by atoms with Gasteiger partial charge in [-0.25, -0.2) is 8.78 Å². The summed E-state index contributed by atoms with van der Waals surface area (Å²) in [5.41, 5.74) is 0. The maximum atomic E-state index is 13.5. The van der Waals surface area contributed by atoms with Crippen molar-refractivity contribution < 1.29 is 18.4 Å². The first-order valence-electron chi connectivity index (χ1n) is 10.5. The first-order chi connectivity index (χ1) is 12.8. The number of alkyl halides is 2. The van der Waals surface area contributed by atoms with E-state index in [1.165, 1.54) is 6.92 Å². The lowest BCUT2D eigenvalue weighted by molar-refractivity contribution is -0.123. The topological polar surface area (TPSA) is 58.2 Å². The van der Waals surface area contributed by atoms with Crippen molar-refractivity contribution in [3.05, 3.63) is 0 Å². The Morgan fingerprint density at radius 1 is 0.852 bits per heavy atom. The molecule has 0 aliphatic carbocycles. The lowest BCUT2D eigenvalue weighted by Gasteiger charge is -2.31. The molecule has 2 N–H and O–H groups in total. The minimum Gasteiger partial charge on any atom is -0.351 e. The van der Waals surface area contributed by atoms with Gasteiger partial charge in [-0.2, -0.15) is 0 Å². The van der Waals surface area contributed by atoms with Crippen molar-refractivity contribution in [3.8, 4) is 0 Å². The fourth-order valence-electron chi connectivity index (χ4n) is 3.61. The summed E-state index contributed by atoms with van der Waals surface area (Å²) in [4.78, 5) is 23.8. The summed E-state index contributed by atoms with van der Waals surface area (Å²) < 4.78 is 26.9. The van der Waals surface area contributed by atoms with Crippen molar-refractivity contribution in [2.45, 2.75) is 91.6 Å². The van der Waals surface area contributed by atoms with Crippen LogP contribution < -0.4 is 10.6 Å². The lowest BCUT2D eigenvalue weighted by atomic mass is 9.81. The summed E-state index contributed by atoms with van der Waals surface area (Å²) in [5.74, 6) is -0.599. The quantitative estimate of drug-likeness (QED) is 0.430. The van der Waals surface area contributed by atoms with Gasteiger partial charge in [0.25, 0.3) is 0 Å². The average Bonchev–Trinajstić information content (AvgIpc) is 2.62. The molecule has 4 nitrogen and oxygen atoms in total. The van der Waals surface area contributed by atoms with Crippen LogP contribution in [0.5, 0.6) is 0 Å². The Morgan fingerprint density at radius 2 is 1.41 bits per heavy atom. The van der Waals surface area contributed by atoms with Crippen molar-refractivity contribution in [1.29, 1.82) is 0 Å². The van der Waals surface area contributed by atoms with Crippen molar-refractivity contribution in [2.75, 3.05) is 13.3 Å². The van der Waals surface area contributed by atoms with E-state index in [4.69, 9.17) is 0 Å². The molecule has 0 aliphatic heterocycles. The zero-order valence-corrected chi connectivity index (χ0v) is 17.8. The fourth-order valence-corrected chi connectivity index (χ4v) is 3.61. The van der Waals surface area contributed by atoms with E-state index in [0.717, 1.165) is 38.5 Å². The fraction of sp³-hybridized carbons (Fsp3) is 0.905. The van der Waals surface area contributed by atoms with Gasteiger partial charge in [0.1, 0.15) is 13.3 Å². The van der Waals surface area contributed by atoms with Crippen molar-refractivity contribution in [3.63, 3.8) is 0 Å². The highest BCUT2D eigenvalue weighted by Crippen LogP contribution is 2.26. The minimum atomic E-state index is -0.652. The molecule has 5 atom stereocenters. The SMILES string of the molecule is CCCC[C@@H](C)C(CF)NC(=O)CC(C)[C@H](CCCC)[C@@H](CF)NC(C)=O. The van der Waals surface area contributed by atoms with Crippen LogP contribution in [0.2, 0.25) is 0 Å². The van der Waals surface area contributed by atoms with Gasteiger partial charge in [0, 0.05) is 13.3 Å². The second-order valence-corrected chi connectivity index (χ2v) is 7.90. The molecule has 0 rings (SSSR count). The molecule has 27 heavy (non-hydrogen) atoms. The number of carbonyl (C=O) groups is 2. The van der Waals surface area contributed by atoms with E-state index in [9.17, 15) is 18.4 Å². The number of unbranched alkanes of at least 4 members (excludes halogenated alkanes) is 2. The van der Waals surface area contributed by atoms with E-state index in [0.29, 0.717) is 0 Å². The Balaban J connectivity index is 4.88. The van der Waals surface area contributed by atoms with Crippen LogP contribution >= 0.6 is 0 Å². The zero-order valence-electron chi connectivity index (χ0n) is 17.8. The van der Waals surface area contributed by atoms with Gasteiger partial charge in [0.2, 0.25) is 11.8 Å². The van der Waals surface area contributed by atoms with E-state index < -0.39 is 25.4 Å². The molecular formula is C21H40F2N2O2. The van der Waals surface area contributed by atoms with Gasteiger partial charge in [-0.1, -0.05) is 53.4 Å². The molecule has 0 bridgehead atoms. The highest BCUT2D eigenvalue weighted by Gasteiger charge is 2.29. The Kier molecular flexibility index (Phi) is 14.2. The predicted molar refractivity (Wildman–Crippen MR) is 107 cm³/mol. The number of halogens is 2. The number of nitrogens with one attached hydrogen (secondary N) is 2. The van der Waals surface area contributed by atoms with E-state index in [1.54, 1.807) is 0 Å². The van der Waals surface area contributed by atoms with Crippen LogP contribution in [0, 0.1) is 17.8 Å². The molecule has 6 heteroatoms. The van der Waals surface area contributed by atoms with Crippen molar-refractivity contribution in [1.82, 2.24) is 10.6 Å². The van der Waals surface area contributed by atoms with Gasteiger partial charge in [-0.3, -0.25) is 9.59 Å². The van der Waals surface area contributed by atoms with Gasteiger partial charge < -0.3 is 10.6 Å². The number of hydrogen-bond donors (Lipinski definition) is 2. The summed E-state index contributed by atoms with van der Waals surface area (Å²) >= 11 is 0. The summed E-state index contributed by atoms with van der Waals surface area (Å²) in [6.45, 7) is 8.16. The average molecular weight is 391 g/mol. The zero-order chi connectivity index (χ0) is 20.8. The van der Waals surface area contributed by atoms with Crippen LogP contribution in [0.4, 0.5) is 8.78 Å². The van der Waals surface area contributed by atoms with Gasteiger partial charge in [-0.15, -0.1) is 0 Å². The molecule has 0 saturated carbocycles. The van der Waals surface area contributed by atoms with Crippen LogP contribution in [0.15, 0.2) is 0 Å². The maximum Gasteiger partial charge on any atom is 0.220 e. The van der Waals surface area contributed by atoms with Gasteiger partial charge in [0.15, 0.2) is 0 Å². The van der Waals surface area contributed by atoms with Crippen molar-refractivity contribution in [2.24, 2.45) is 17.8 Å². The van der Waals surface area contributed by atoms with E-state index in [1.807, 2.05) is 13.8 Å². The van der Waals surface area contributed by atoms with Crippen LogP contribution in [0.3, 0.4) is 0 Å². The third-order valence-corrected chi connectivity index (χ3v) is 5.41. The third-order valence-electron chi connectivity index (χ3n) is 5.41. The Morgan fingerprint density at radius 3 is 1.89 bits per heavy atom. The van der Waals surface area contributed by atoms with Gasteiger partial charge in [0.05, 0.1) is 12.1 Å². The molecule has 2 amide bonds. The second-order valence-electron chi connectivity index (χ2n) is 7.90. The Hall–Kier alpha value is -1.20. The van der Waals surface area contributed by atoms with Crippen LogP contribution in [0.25, 0.3) is 0 Å². The summed E-state index contributed by atoms with van der Waals surface area (Å²) in [7, 11) is 0. The number of hydrogen-bond acceptors (Lipinski definition) is 2. The number of carbonyl (C=O) groups excluding carboxylic acids is 2. The molecule has 0 heterocycles. The minimum absolute atomic E-state index is 0.0862. The molecule has 0 aromatic carbocycles. The second kappa shape index (κ2) is 14.8. The maximum absolute atomic E-state index is 13.5. The molecule has 0 radical (unpaired) electrons. The smallest absolute Gasteiger partial charge is 0.220 e. The van der Waals surface area contributed by atoms with E-state index in [2.05, 4.69) is 24.5 Å². The summed E-state index contributed by atoms with van der Waals surface area (Å²) in [6, 6.07) is -1.06. The Bertz CT molecular complexity index is 421. The number of rotatable bonds is 15. The molecule has 0 aromatic rings. The van der Waals surface area contributed by atoms with Crippen LogP contribution in [0.1, 0.15) is 79.6 Å². The van der Waals surface area contributed by atoms with E-state index in [-0.39, 0.29) is 36.0 Å². The largest absolute Gasteiger partial charge is 0.351 e. The highest BCUT2D eigenvalue weighted by molar-refractivity contribution is 5.76. The molecule has 0 aromatic heterocycles. The molecule has 160 valence electrons. The molecule has 0 aliphatic rings. The summed E-state index contributed by atoms with van der Waals surface area (Å²) in [5, 5.41) is 5.50. The normalized spacial score (nSPS) is 16.9. The standard InChI is InChI=1S/C21H40F2N2O2/c1-6-8-10-15(3)19(13-22)25-21(27)12-16(4)18(11-9-7-2)20(14-23)24-17(5)26/h15-16,18-20H,6-14H2,1-5H3,(H,24,26)(H,25,27)/t15-,16?,18+,19?,20-/m1/s1. The first-order valence-corrected chi connectivity index (χ1v) is 10.5. The van der Waals surface area contributed by atoms with Gasteiger partial charge >= 0.3 is 0 Å². The monoisotopic (exact) mass is 390 g/mol. The number of amides is 2. The van der Waals surface area contributed by atoms with E-state index >= 15 is 0 Å². The third kappa shape index (κ3) is 10.6. The van der Waals surface area contributed by atoms with Crippen LogP contribution in [-0.2, 0) is 9.59 Å². The first kappa shape index (κ1) is 25.8. The lowest BCUT2D eigenvalue weighted by Crippen LogP contribution is -2.45. The molecule has 0 spiro atoms. The predicted octanol–water partition coefficient (Wildman–Crippen LogP) is 4.57. The van der Waals surface area contributed by atoms with Crippen molar-refractivity contribution >= 4 is 11.8 Å². The molecular weight excluding hydrogens is 350 g/mol. The summed E-state index contributed by atoms with van der Waals surface area (Å²) in [6.07, 6.45) is 5.77. The highest BCUT2D eigenvalue weighted by atomic mass is 19.1.